The maximum absolute atomic E-state index is 12.6. The number of benzene rings is 2. The lowest BCUT2D eigenvalue weighted by atomic mass is 9.87. The van der Waals surface area contributed by atoms with Crippen LogP contribution in [0.3, 0.4) is 0 Å². The monoisotopic (exact) mass is 368 g/mol. The average molecular weight is 368 g/mol. The van der Waals surface area contributed by atoms with Crippen molar-refractivity contribution in [2.45, 2.75) is 45.2 Å². The van der Waals surface area contributed by atoms with E-state index in [2.05, 4.69) is 0 Å². The number of carbonyl (C=O) groups is 2. The van der Waals surface area contributed by atoms with Crippen molar-refractivity contribution in [3.8, 4) is 0 Å². The Labute approximate surface area is 159 Å². The van der Waals surface area contributed by atoms with Crippen LogP contribution in [0.25, 0.3) is 0 Å². The Balaban J connectivity index is 1.82. The van der Waals surface area contributed by atoms with Crippen LogP contribution in [0, 0.1) is 5.92 Å². The van der Waals surface area contributed by atoms with Gasteiger partial charge in [0.1, 0.15) is 0 Å². The molecule has 0 saturated carbocycles. The fourth-order valence-electron chi connectivity index (χ4n) is 3.30. The molecule has 0 aliphatic carbocycles. The molecule has 0 bridgehead atoms. The quantitative estimate of drug-likeness (QED) is 0.739. The fraction of sp³-hybridized carbons (Fsp3) is 0.364. The molecule has 2 aromatic carbocycles. The van der Waals surface area contributed by atoms with E-state index in [0.717, 1.165) is 6.42 Å². The Morgan fingerprint density at radius 3 is 2.00 bits per heavy atom. The summed E-state index contributed by atoms with van der Waals surface area (Å²) in [6.45, 7) is 5.70. The van der Waals surface area contributed by atoms with Crippen LogP contribution in [-0.4, -0.2) is 29.9 Å². The highest BCUT2D eigenvalue weighted by molar-refractivity contribution is 5.90. The third kappa shape index (κ3) is 3.88. The van der Waals surface area contributed by atoms with Crippen LogP contribution in [0.2, 0.25) is 0 Å². The predicted octanol–water partition coefficient (Wildman–Crippen LogP) is 4.23. The van der Waals surface area contributed by atoms with E-state index >= 15 is 0 Å². The molecular formula is C22H24O5. The van der Waals surface area contributed by atoms with E-state index in [1.807, 2.05) is 26.0 Å². The predicted molar refractivity (Wildman–Crippen MR) is 100 cm³/mol. The van der Waals surface area contributed by atoms with Gasteiger partial charge in [0.15, 0.2) is 5.60 Å². The Bertz CT molecular complexity index is 789. The maximum Gasteiger partial charge on any atom is 0.340 e. The van der Waals surface area contributed by atoms with Crippen molar-refractivity contribution in [1.29, 1.82) is 0 Å². The zero-order valence-electron chi connectivity index (χ0n) is 15.8. The molecule has 0 aromatic heterocycles. The first-order valence-corrected chi connectivity index (χ1v) is 9.15. The third-order valence-electron chi connectivity index (χ3n) is 5.18. The molecule has 1 saturated heterocycles. The lowest BCUT2D eigenvalue weighted by Gasteiger charge is -2.32. The first-order valence-electron chi connectivity index (χ1n) is 9.15. The number of rotatable bonds is 5. The Morgan fingerprint density at radius 1 is 0.963 bits per heavy atom. The molecule has 1 aliphatic rings. The van der Waals surface area contributed by atoms with Gasteiger partial charge in [0, 0.05) is 5.92 Å². The molecular weight excluding hydrogens is 344 g/mol. The van der Waals surface area contributed by atoms with Crippen LogP contribution in [0.1, 0.15) is 47.9 Å². The first-order chi connectivity index (χ1) is 13.0. The van der Waals surface area contributed by atoms with Crippen LogP contribution in [0.4, 0.5) is 0 Å². The van der Waals surface area contributed by atoms with Crippen molar-refractivity contribution in [2.24, 2.45) is 5.92 Å². The second kappa shape index (κ2) is 7.92. The minimum absolute atomic E-state index is 0.135. The number of esters is 2. The van der Waals surface area contributed by atoms with Gasteiger partial charge in [0.2, 0.25) is 6.29 Å². The summed E-state index contributed by atoms with van der Waals surface area (Å²) in [5, 5.41) is 0. The smallest absolute Gasteiger partial charge is 0.340 e. The summed E-state index contributed by atoms with van der Waals surface area (Å²) in [6.07, 6.45) is -0.427. The molecule has 27 heavy (non-hydrogen) atoms. The van der Waals surface area contributed by atoms with Gasteiger partial charge in [0.25, 0.3) is 0 Å². The van der Waals surface area contributed by atoms with E-state index in [9.17, 15) is 9.59 Å². The second-order valence-corrected chi connectivity index (χ2v) is 6.91. The summed E-state index contributed by atoms with van der Waals surface area (Å²) < 4.78 is 17.4. The van der Waals surface area contributed by atoms with Crippen molar-refractivity contribution in [3.63, 3.8) is 0 Å². The van der Waals surface area contributed by atoms with Gasteiger partial charge in [-0.3, -0.25) is 0 Å². The molecule has 142 valence electrons. The van der Waals surface area contributed by atoms with E-state index in [0.29, 0.717) is 11.1 Å². The summed E-state index contributed by atoms with van der Waals surface area (Å²) in [4.78, 5) is 25.1. The molecule has 0 N–H and O–H groups in total. The highest BCUT2D eigenvalue weighted by Crippen LogP contribution is 2.41. The lowest BCUT2D eigenvalue weighted by molar-refractivity contribution is -0.169. The summed E-state index contributed by atoms with van der Waals surface area (Å²) in [5.41, 5.74) is -0.220. The molecule has 2 aromatic rings. The Kier molecular flexibility index (Phi) is 5.61. The van der Waals surface area contributed by atoms with Gasteiger partial charge in [0.05, 0.1) is 17.2 Å². The highest BCUT2D eigenvalue weighted by atomic mass is 16.7. The fourth-order valence-corrected chi connectivity index (χ4v) is 3.30. The number of hydrogen-bond donors (Lipinski definition) is 0. The van der Waals surface area contributed by atoms with Crippen LogP contribution in [0.5, 0.6) is 0 Å². The Morgan fingerprint density at radius 2 is 1.48 bits per heavy atom. The van der Waals surface area contributed by atoms with Gasteiger partial charge < -0.3 is 14.2 Å². The zero-order chi connectivity index (χ0) is 19.4. The van der Waals surface area contributed by atoms with Crippen molar-refractivity contribution < 1.29 is 23.8 Å². The molecule has 4 atom stereocenters. The topological polar surface area (TPSA) is 61.8 Å². The highest BCUT2D eigenvalue weighted by Gasteiger charge is 2.56. The molecule has 0 spiro atoms. The summed E-state index contributed by atoms with van der Waals surface area (Å²) in [6, 6.07) is 17.4. The van der Waals surface area contributed by atoms with Gasteiger partial charge >= 0.3 is 11.9 Å². The normalized spacial score (nSPS) is 27.1. The minimum Gasteiger partial charge on any atom is -0.449 e. The zero-order valence-corrected chi connectivity index (χ0v) is 15.8. The Hall–Kier alpha value is -2.66. The molecule has 1 heterocycles. The third-order valence-corrected chi connectivity index (χ3v) is 5.18. The van der Waals surface area contributed by atoms with E-state index in [1.165, 1.54) is 0 Å². The molecule has 1 aliphatic heterocycles. The molecule has 0 amide bonds. The van der Waals surface area contributed by atoms with E-state index in [-0.39, 0.29) is 12.0 Å². The average Bonchev–Trinajstić information content (AvgIpc) is 2.93. The van der Waals surface area contributed by atoms with E-state index in [4.69, 9.17) is 14.2 Å². The summed E-state index contributed by atoms with van der Waals surface area (Å²) >= 11 is 0. The largest absolute Gasteiger partial charge is 0.449 e. The molecule has 3 rings (SSSR count). The maximum atomic E-state index is 12.6. The standard InChI is InChI=1S/C22H24O5/c1-4-18-15(2)22(3,27-20(24)17-13-9-6-10-14-17)21(25-18)26-19(23)16-11-7-5-8-12-16/h5-15,18,21H,4H2,1-3H3/t15?,18-,21+,22-/m1/s1. The van der Waals surface area contributed by atoms with Gasteiger partial charge in [-0.25, -0.2) is 9.59 Å². The number of ether oxygens (including phenoxy) is 3. The van der Waals surface area contributed by atoms with Gasteiger partial charge in [-0.05, 0) is 37.6 Å². The molecule has 1 unspecified atom stereocenters. The second-order valence-electron chi connectivity index (χ2n) is 6.91. The summed E-state index contributed by atoms with van der Waals surface area (Å²) in [5.74, 6) is -1.11. The van der Waals surface area contributed by atoms with Crippen LogP contribution in [0.15, 0.2) is 60.7 Å². The van der Waals surface area contributed by atoms with Crippen LogP contribution in [-0.2, 0) is 14.2 Å². The van der Waals surface area contributed by atoms with E-state index < -0.39 is 23.8 Å². The van der Waals surface area contributed by atoms with Crippen LogP contribution >= 0.6 is 0 Å². The van der Waals surface area contributed by atoms with Crippen molar-refractivity contribution in [2.75, 3.05) is 0 Å². The minimum atomic E-state index is -1.09. The molecule has 1 fully saturated rings. The number of carbonyl (C=O) groups excluding carboxylic acids is 2. The van der Waals surface area contributed by atoms with Crippen molar-refractivity contribution in [1.82, 2.24) is 0 Å². The van der Waals surface area contributed by atoms with Crippen molar-refractivity contribution in [3.05, 3.63) is 71.8 Å². The van der Waals surface area contributed by atoms with Gasteiger partial charge in [-0.15, -0.1) is 0 Å². The van der Waals surface area contributed by atoms with Crippen LogP contribution < -0.4 is 0 Å². The van der Waals surface area contributed by atoms with Gasteiger partial charge in [-0.2, -0.15) is 0 Å². The van der Waals surface area contributed by atoms with Gasteiger partial charge in [-0.1, -0.05) is 50.2 Å². The summed E-state index contributed by atoms with van der Waals surface area (Å²) in [7, 11) is 0. The molecule has 5 nitrogen and oxygen atoms in total. The van der Waals surface area contributed by atoms with Crippen molar-refractivity contribution >= 4 is 11.9 Å². The number of hydrogen-bond acceptors (Lipinski definition) is 5. The lowest BCUT2D eigenvalue weighted by Crippen LogP contribution is -2.46. The first kappa shape index (κ1) is 19.1. The molecule has 5 heteroatoms. The van der Waals surface area contributed by atoms with E-state index in [1.54, 1.807) is 55.5 Å². The SMILES string of the molecule is CC[C@H]1O[C@@H](OC(=O)c2ccccc2)[C@](C)(OC(=O)c2ccccc2)C1C. The molecule has 0 radical (unpaired) electrons.